The van der Waals surface area contributed by atoms with Gasteiger partial charge in [0.05, 0.1) is 13.2 Å². The van der Waals surface area contributed by atoms with Gasteiger partial charge in [-0.15, -0.1) is 0 Å². The summed E-state index contributed by atoms with van der Waals surface area (Å²) < 4.78 is 5.58. The maximum absolute atomic E-state index is 12.3. The zero-order chi connectivity index (χ0) is 13.8. The molecule has 0 unspecified atom stereocenters. The summed E-state index contributed by atoms with van der Waals surface area (Å²) in [4.78, 5) is 13.7. The number of aliphatic hydroxyl groups excluding tert-OH is 2. The Hall–Kier alpha value is -1.85. The van der Waals surface area contributed by atoms with E-state index in [0.717, 1.165) is 10.9 Å². The molecule has 5 heteroatoms. The number of nitrogens with zero attached hydrogens (tertiary/aromatic N) is 1. The molecule has 0 aliphatic heterocycles. The van der Waals surface area contributed by atoms with Crippen LogP contribution in [0.4, 0.5) is 0 Å². The van der Waals surface area contributed by atoms with E-state index in [1.807, 2.05) is 31.2 Å². The molecular formula is C14H17NO4. The van der Waals surface area contributed by atoms with Gasteiger partial charge < -0.3 is 19.5 Å². The van der Waals surface area contributed by atoms with Crippen LogP contribution in [0.25, 0.3) is 11.0 Å². The number of furan rings is 1. The Morgan fingerprint density at radius 2 is 1.84 bits per heavy atom. The van der Waals surface area contributed by atoms with Crippen molar-refractivity contribution in [2.75, 3.05) is 26.3 Å². The highest BCUT2D eigenvalue weighted by Gasteiger charge is 2.22. The summed E-state index contributed by atoms with van der Waals surface area (Å²) in [7, 11) is 0. The molecule has 102 valence electrons. The van der Waals surface area contributed by atoms with Crippen molar-refractivity contribution in [2.24, 2.45) is 0 Å². The van der Waals surface area contributed by atoms with Gasteiger partial charge in [0.15, 0.2) is 5.76 Å². The van der Waals surface area contributed by atoms with Crippen LogP contribution < -0.4 is 0 Å². The van der Waals surface area contributed by atoms with E-state index in [-0.39, 0.29) is 38.0 Å². The Morgan fingerprint density at radius 3 is 2.42 bits per heavy atom. The number of aryl methyl sites for hydroxylation is 1. The van der Waals surface area contributed by atoms with Crippen LogP contribution in [-0.4, -0.2) is 47.3 Å². The minimum Gasteiger partial charge on any atom is -0.451 e. The van der Waals surface area contributed by atoms with E-state index in [4.69, 9.17) is 14.6 Å². The van der Waals surface area contributed by atoms with Crippen LogP contribution in [0.5, 0.6) is 0 Å². The standard InChI is InChI=1S/C14H17NO4/c1-10-11-4-2-3-5-12(11)19-13(10)14(18)15(6-8-16)7-9-17/h2-5,16-17H,6-9H2,1H3. The number of benzene rings is 1. The van der Waals surface area contributed by atoms with Gasteiger partial charge in [0.25, 0.3) is 5.91 Å². The van der Waals surface area contributed by atoms with E-state index in [2.05, 4.69) is 0 Å². The molecule has 1 aromatic heterocycles. The molecule has 0 bridgehead atoms. The van der Waals surface area contributed by atoms with Crippen molar-refractivity contribution in [2.45, 2.75) is 6.92 Å². The molecule has 1 heterocycles. The van der Waals surface area contributed by atoms with Gasteiger partial charge in [-0.25, -0.2) is 0 Å². The molecule has 0 saturated carbocycles. The minimum absolute atomic E-state index is 0.148. The number of hydrogen-bond acceptors (Lipinski definition) is 4. The van der Waals surface area contributed by atoms with Gasteiger partial charge in [-0.3, -0.25) is 4.79 Å². The molecule has 2 N–H and O–H groups in total. The van der Waals surface area contributed by atoms with Crippen molar-refractivity contribution in [3.05, 3.63) is 35.6 Å². The van der Waals surface area contributed by atoms with Crippen LogP contribution in [0.2, 0.25) is 0 Å². The van der Waals surface area contributed by atoms with E-state index in [1.165, 1.54) is 4.90 Å². The van der Waals surface area contributed by atoms with Crippen molar-refractivity contribution in [1.82, 2.24) is 4.90 Å². The normalized spacial score (nSPS) is 10.9. The first kappa shape index (κ1) is 13.6. The highest BCUT2D eigenvalue weighted by Crippen LogP contribution is 2.25. The van der Waals surface area contributed by atoms with Gasteiger partial charge in [0, 0.05) is 24.0 Å². The first-order valence-corrected chi connectivity index (χ1v) is 6.18. The lowest BCUT2D eigenvalue weighted by molar-refractivity contribution is 0.0655. The molecule has 0 aliphatic rings. The fraction of sp³-hybridized carbons (Fsp3) is 0.357. The van der Waals surface area contributed by atoms with Crippen molar-refractivity contribution >= 4 is 16.9 Å². The third-order valence-corrected chi connectivity index (χ3v) is 3.06. The number of aliphatic hydroxyl groups is 2. The average Bonchev–Trinajstić information content (AvgIpc) is 2.76. The Bertz CT molecular complexity index is 570. The zero-order valence-electron chi connectivity index (χ0n) is 10.8. The van der Waals surface area contributed by atoms with E-state index < -0.39 is 0 Å². The predicted octanol–water partition coefficient (Wildman–Crippen LogP) is 1.17. The Labute approximate surface area is 111 Å². The predicted molar refractivity (Wildman–Crippen MR) is 71.0 cm³/mol. The van der Waals surface area contributed by atoms with Crippen molar-refractivity contribution < 1.29 is 19.4 Å². The van der Waals surface area contributed by atoms with Gasteiger partial charge in [-0.1, -0.05) is 18.2 Å². The van der Waals surface area contributed by atoms with Crippen LogP contribution in [0, 0.1) is 6.92 Å². The van der Waals surface area contributed by atoms with Crippen molar-refractivity contribution in [1.29, 1.82) is 0 Å². The quantitative estimate of drug-likeness (QED) is 0.849. The molecule has 0 radical (unpaired) electrons. The minimum atomic E-state index is -0.309. The molecule has 5 nitrogen and oxygen atoms in total. The summed E-state index contributed by atoms with van der Waals surface area (Å²) in [5.74, 6) is -0.0418. The number of amides is 1. The van der Waals surface area contributed by atoms with E-state index in [9.17, 15) is 4.79 Å². The van der Waals surface area contributed by atoms with Crippen LogP contribution in [-0.2, 0) is 0 Å². The Kier molecular flexibility index (Phi) is 4.19. The highest BCUT2D eigenvalue weighted by molar-refractivity contribution is 5.98. The number of para-hydroxylation sites is 1. The van der Waals surface area contributed by atoms with Gasteiger partial charge in [-0.05, 0) is 13.0 Å². The molecule has 0 aliphatic carbocycles. The zero-order valence-corrected chi connectivity index (χ0v) is 10.8. The summed E-state index contributed by atoms with van der Waals surface area (Å²) in [5, 5.41) is 18.8. The van der Waals surface area contributed by atoms with Crippen LogP contribution in [0.15, 0.2) is 28.7 Å². The Morgan fingerprint density at radius 1 is 1.21 bits per heavy atom. The number of rotatable bonds is 5. The summed E-state index contributed by atoms with van der Waals surface area (Å²) in [6, 6.07) is 7.44. The molecule has 2 rings (SSSR count). The first-order chi connectivity index (χ1) is 9.19. The molecule has 0 spiro atoms. The van der Waals surface area contributed by atoms with E-state index in [1.54, 1.807) is 0 Å². The van der Waals surface area contributed by atoms with Crippen LogP contribution >= 0.6 is 0 Å². The third-order valence-electron chi connectivity index (χ3n) is 3.06. The van der Waals surface area contributed by atoms with Gasteiger partial charge >= 0.3 is 0 Å². The van der Waals surface area contributed by atoms with Crippen LogP contribution in [0.1, 0.15) is 16.1 Å². The van der Waals surface area contributed by atoms with Gasteiger partial charge in [-0.2, -0.15) is 0 Å². The number of hydrogen-bond donors (Lipinski definition) is 2. The summed E-state index contributed by atoms with van der Waals surface area (Å²) in [5.41, 5.74) is 1.44. The molecule has 0 atom stereocenters. The van der Waals surface area contributed by atoms with Gasteiger partial charge in [0.1, 0.15) is 5.58 Å². The van der Waals surface area contributed by atoms with E-state index in [0.29, 0.717) is 5.58 Å². The fourth-order valence-corrected chi connectivity index (χ4v) is 2.08. The SMILES string of the molecule is Cc1c(C(=O)N(CCO)CCO)oc2ccccc12. The Balaban J connectivity index is 2.37. The molecule has 19 heavy (non-hydrogen) atoms. The number of carbonyl (C=O) groups excluding carboxylic acids is 1. The monoisotopic (exact) mass is 263 g/mol. The molecule has 1 aromatic carbocycles. The van der Waals surface area contributed by atoms with Gasteiger partial charge in [0.2, 0.25) is 0 Å². The van der Waals surface area contributed by atoms with E-state index >= 15 is 0 Å². The summed E-state index contributed by atoms with van der Waals surface area (Å²) >= 11 is 0. The summed E-state index contributed by atoms with van der Waals surface area (Å²) in [6.45, 7) is 1.89. The number of carbonyl (C=O) groups is 1. The molecule has 0 saturated heterocycles. The topological polar surface area (TPSA) is 73.9 Å². The molecule has 1 amide bonds. The fourth-order valence-electron chi connectivity index (χ4n) is 2.08. The van der Waals surface area contributed by atoms with Crippen LogP contribution in [0.3, 0.4) is 0 Å². The maximum Gasteiger partial charge on any atom is 0.290 e. The molecule has 2 aromatic rings. The summed E-state index contributed by atoms with van der Waals surface area (Å²) in [6.07, 6.45) is 0. The lowest BCUT2D eigenvalue weighted by Gasteiger charge is -2.19. The number of fused-ring (bicyclic) bond motifs is 1. The van der Waals surface area contributed by atoms with Crippen molar-refractivity contribution in [3.63, 3.8) is 0 Å². The average molecular weight is 263 g/mol. The van der Waals surface area contributed by atoms with Crippen molar-refractivity contribution in [3.8, 4) is 0 Å². The largest absolute Gasteiger partial charge is 0.451 e. The first-order valence-electron chi connectivity index (χ1n) is 6.18. The second-order valence-electron chi connectivity index (χ2n) is 4.29. The second-order valence-corrected chi connectivity index (χ2v) is 4.29. The molecular weight excluding hydrogens is 246 g/mol. The lowest BCUT2D eigenvalue weighted by atomic mass is 10.1. The third kappa shape index (κ3) is 2.62. The lowest BCUT2D eigenvalue weighted by Crippen LogP contribution is -2.35. The molecule has 0 fully saturated rings. The smallest absolute Gasteiger partial charge is 0.290 e. The maximum atomic E-state index is 12.3. The second kappa shape index (κ2) is 5.86. The highest BCUT2D eigenvalue weighted by atomic mass is 16.3.